The van der Waals surface area contributed by atoms with E-state index in [0.717, 1.165) is 5.56 Å². The zero-order valence-electron chi connectivity index (χ0n) is 12.3. The normalized spacial score (nSPS) is 12.2. The molecule has 0 saturated heterocycles. The summed E-state index contributed by atoms with van der Waals surface area (Å²) in [5.41, 5.74) is 1.53. The zero-order chi connectivity index (χ0) is 16.3. The summed E-state index contributed by atoms with van der Waals surface area (Å²) >= 11 is 8.69. The quantitative estimate of drug-likeness (QED) is 0.632. The second-order valence-electron chi connectivity index (χ2n) is 4.50. The van der Waals surface area contributed by atoms with Gasteiger partial charge in [0.15, 0.2) is 0 Å². The Morgan fingerprint density at radius 2 is 2.09 bits per heavy atom. The van der Waals surface area contributed by atoms with Gasteiger partial charge in [0.2, 0.25) is 16.2 Å². The molecule has 9 heteroatoms. The summed E-state index contributed by atoms with van der Waals surface area (Å²) in [6.07, 6.45) is 1.86. The minimum atomic E-state index is -0.375. The number of hydrogen-bond donors (Lipinski definition) is 2. The number of aromatic nitrogens is 3. The molecule has 0 fully saturated rings. The summed E-state index contributed by atoms with van der Waals surface area (Å²) in [6.45, 7) is 3.64. The second-order valence-corrected chi connectivity index (χ2v) is 6.99. The number of hydrogen-bond acceptors (Lipinski definition) is 6. The number of rotatable bonds is 5. The fraction of sp³-hybridized carbons (Fsp3) is 0.308. The number of benzene rings is 1. The lowest BCUT2D eigenvalue weighted by atomic mass is 10.2. The van der Waals surface area contributed by atoms with Gasteiger partial charge in [-0.2, -0.15) is 0 Å². The van der Waals surface area contributed by atoms with Gasteiger partial charge >= 0.3 is 0 Å². The molecule has 1 heterocycles. The first kappa shape index (κ1) is 17.0. The monoisotopic (exact) mass is 357 g/mol. The van der Waals surface area contributed by atoms with E-state index in [-0.39, 0.29) is 11.2 Å². The van der Waals surface area contributed by atoms with Crippen LogP contribution in [0.15, 0.2) is 28.5 Å². The van der Waals surface area contributed by atoms with Gasteiger partial charge in [0.25, 0.3) is 0 Å². The van der Waals surface area contributed by atoms with Gasteiger partial charge in [0.1, 0.15) is 0 Å². The van der Waals surface area contributed by atoms with Crippen LogP contribution < -0.4 is 11.2 Å². The van der Waals surface area contributed by atoms with Crippen molar-refractivity contribution in [3.8, 4) is 0 Å². The van der Waals surface area contributed by atoms with Gasteiger partial charge < -0.3 is 11.2 Å². The Hall–Kier alpha value is -1.38. The van der Waals surface area contributed by atoms with E-state index in [1.54, 1.807) is 19.1 Å². The molecule has 0 saturated carbocycles. The number of thioether (sulfide) groups is 2. The third-order valence-corrected chi connectivity index (χ3v) is 5.10. The van der Waals surface area contributed by atoms with Crippen molar-refractivity contribution in [1.82, 2.24) is 14.9 Å². The first-order chi connectivity index (χ1) is 10.4. The summed E-state index contributed by atoms with van der Waals surface area (Å²) < 4.78 is 1.38. The van der Waals surface area contributed by atoms with Crippen LogP contribution in [0.2, 0.25) is 5.02 Å². The third kappa shape index (κ3) is 3.68. The van der Waals surface area contributed by atoms with Crippen molar-refractivity contribution in [2.24, 2.45) is 0 Å². The molecule has 1 amide bonds. The van der Waals surface area contributed by atoms with E-state index in [0.29, 0.717) is 21.0 Å². The number of nitrogens with zero attached hydrogens (tertiary/aromatic N) is 3. The van der Waals surface area contributed by atoms with Crippen molar-refractivity contribution in [2.75, 3.05) is 17.4 Å². The number of carbonyl (C=O) groups excluding carboxylic acids is 1. The molecule has 0 radical (unpaired) electrons. The van der Waals surface area contributed by atoms with E-state index in [9.17, 15) is 4.79 Å². The predicted molar refractivity (Wildman–Crippen MR) is 92.1 cm³/mol. The van der Waals surface area contributed by atoms with Crippen LogP contribution in [0.5, 0.6) is 0 Å². The van der Waals surface area contributed by atoms with Gasteiger partial charge in [-0.1, -0.05) is 41.2 Å². The summed E-state index contributed by atoms with van der Waals surface area (Å²) in [4.78, 5) is 12.3. The van der Waals surface area contributed by atoms with E-state index in [4.69, 9.17) is 17.4 Å². The fourth-order valence-electron chi connectivity index (χ4n) is 1.67. The smallest absolute Gasteiger partial charge is 0.237 e. The van der Waals surface area contributed by atoms with Crippen molar-refractivity contribution in [3.05, 3.63) is 28.8 Å². The summed E-state index contributed by atoms with van der Waals surface area (Å²) in [5.74, 6) is 5.71. The second kappa shape index (κ2) is 7.26. The molecule has 118 valence electrons. The van der Waals surface area contributed by atoms with E-state index in [1.807, 2.05) is 19.2 Å². The molecule has 1 aromatic carbocycles. The number of carbonyl (C=O) groups is 1. The molecule has 0 bridgehead atoms. The molecule has 1 aromatic heterocycles. The Morgan fingerprint density at radius 1 is 1.41 bits per heavy atom. The Bertz CT molecular complexity index is 691. The maximum atomic E-state index is 12.3. The average molecular weight is 358 g/mol. The van der Waals surface area contributed by atoms with E-state index in [1.165, 1.54) is 28.2 Å². The molecular formula is C13H16ClN5OS2. The Labute approximate surface area is 142 Å². The first-order valence-electron chi connectivity index (χ1n) is 6.41. The largest absolute Gasteiger partial charge is 0.335 e. The molecule has 0 aliphatic carbocycles. The molecule has 6 nitrogen and oxygen atoms in total. The molecule has 1 atom stereocenters. The zero-order valence-corrected chi connectivity index (χ0v) is 14.7. The molecular weight excluding hydrogens is 342 g/mol. The topological polar surface area (TPSA) is 85.8 Å². The number of nitrogens with two attached hydrogens (primary N) is 1. The molecule has 0 spiro atoms. The van der Waals surface area contributed by atoms with Gasteiger partial charge in [-0.25, -0.2) is 4.68 Å². The summed E-state index contributed by atoms with van der Waals surface area (Å²) in [6, 6.07) is 5.39. The van der Waals surface area contributed by atoms with Crippen LogP contribution in [0.3, 0.4) is 0 Å². The highest BCUT2D eigenvalue weighted by molar-refractivity contribution is 8.00. The number of nitrogens with one attached hydrogen (secondary N) is 1. The van der Waals surface area contributed by atoms with Crippen molar-refractivity contribution in [3.63, 3.8) is 0 Å². The van der Waals surface area contributed by atoms with Crippen LogP contribution in [-0.2, 0) is 4.79 Å². The standard InChI is InChI=1S/C13H16ClN5OS2/c1-7-9(14)5-4-6-10(7)16-11(20)8(2)22-13-18-17-12(21-3)19(13)15/h4-6,8H,15H2,1-3H3,(H,16,20)/t8-/m1/s1. The van der Waals surface area contributed by atoms with Crippen LogP contribution in [0.1, 0.15) is 12.5 Å². The van der Waals surface area contributed by atoms with Gasteiger partial charge in [-0.15, -0.1) is 10.2 Å². The average Bonchev–Trinajstić information content (AvgIpc) is 2.84. The van der Waals surface area contributed by atoms with Crippen molar-refractivity contribution in [1.29, 1.82) is 0 Å². The molecule has 0 unspecified atom stereocenters. The number of amides is 1. The molecule has 2 aromatic rings. The Balaban J connectivity index is 2.06. The SMILES string of the molecule is CSc1nnc(S[C@H](C)C(=O)Nc2cccc(Cl)c2C)n1N. The Morgan fingerprint density at radius 3 is 2.73 bits per heavy atom. The van der Waals surface area contributed by atoms with E-state index in [2.05, 4.69) is 15.5 Å². The van der Waals surface area contributed by atoms with E-state index < -0.39 is 0 Å². The summed E-state index contributed by atoms with van der Waals surface area (Å²) in [5, 5.41) is 12.1. The minimum absolute atomic E-state index is 0.149. The highest BCUT2D eigenvalue weighted by Crippen LogP contribution is 2.26. The van der Waals surface area contributed by atoms with Gasteiger partial charge in [0, 0.05) is 10.7 Å². The lowest BCUT2D eigenvalue weighted by Crippen LogP contribution is -2.24. The number of anilines is 1. The highest BCUT2D eigenvalue weighted by Gasteiger charge is 2.20. The highest BCUT2D eigenvalue weighted by atomic mass is 35.5. The summed E-state index contributed by atoms with van der Waals surface area (Å²) in [7, 11) is 0. The maximum Gasteiger partial charge on any atom is 0.237 e. The third-order valence-electron chi connectivity index (χ3n) is 2.99. The van der Waals surface area contributed by atoms with Crippen LogP contribution in [0, 0.1) is 6.92 Å². The lowest BCUT2D eigenvalue weighted by molar-refractivity contribution is -0.115. The molecule has 2 rings (SSSR count). The minimum Gasteiger partial charge on any atom is -0.335 e. The van der Waals surface area contributed by atoms with Crippen LogP contribution >= 0.6 is 35.1 Å². The van der Waals surface area contributed by atoms with Crippen molar-refractivity contribution in [2.45, 2.75) is 29.4 Å². The first-order valence-corrected chi connectivity index (χ1v) is 8.89. The number of halogens is 1. The van der Waals surface area contributed by atoms with Gasteiger partial charge in [0.05, 0.1) is 5.25 Å². The Kier molecular flexibility index (Phi) is 5.60. The predicted octanol–water partition coefficient (Wildman–Crippen LogP) is 2.79. The molecule has 22 heavy (non-hydrogen) atoms. The maximum absolute atomic E-state index is 12.3. The number of nitrogen functional groups attached to an aromatic ring is 1. The fourth-order valence-corrected chi connectivity index (χ4v) is 3.08. The van der Waals surface area contributed by atoms with E-state index >= 15 is 0 Å². The van der Waals surface area contributed by atoms with Crippen LogP contribution in [-0.4, -0.2) is 32.3 Å². The van der Waals surface area contributed by atoms with Crippen molar-refractivity contribution >= 4 is 46.7 Å². The van der Waals surface area contributed by atoms with Gasteiger partial charge in [-0.05, 0) is 37.8 Å². The van der Waals surface area contributed by atoms with Gasteiger partial charge in [-0.3, -0.25) is 4.79 Å². The molecule has 3 N–H and O–H groups in total. The van der Waals surface area contributed by atoms with Crippen molar-refractivity contribution < 1.29 is 4.79 Å². The van der Waals surface area contributed by atoms with Crippen LogP contribution in [0.25, 0.3) is 0 Å². The lowest BCUT2D eigenvalue weighted by Gasteiger charge is -2.13. The molecule has 0 aliphatic heterocycles. The van der Waals surface area contributed by atoms with Crippen LogP contribution in [0.4, 0.5) is 5.69 Å². The molecule has 0 aliphatic rings.